The minimum absolute atomic E-state index is 0.151. The molecular formula is C11H13ClN2O2. The largest absolute Gasteiger partial charge is 0.366 e. The molecule has 0 spiro atoms. The number of anilines is 1. The third-order valence-corrected chi connectivity index (χ3v) is 2.58. The number of rotatable bonds is 4. The topological polar surface area (TPSA) is 72.2 Å². The molecule has 4 nitrogen and oxygen atoms in total. The van der Waals surface area contributed by atoms with Crippen LogP contribution in [-0.4, -0.2) is 17.7 Å². The molecule has 0 fully saturated rings. The number of hydrogen-bond acceptors (Lipinski definition) is 2. The fourth-order valence-electron chi connectivity index (χ4n) is 1.05. The van der Waals surface area contributed by atoms with Crippen LogP contribution in [0.15, 0.2) is 24.3 Å². The van der Waals surface area contributed by atoms with Crippen molar-refractivity contribution in [1.29, 1.82) is 0 Å². The molecule has 16 heavy (non-hydrogen) atoms. The van der Waals surface area contributed by atoms with Crippen LogP contribution in [0.1, 0.15) is 17.3 Å². The molecule has 0 aromatic heterocycles. The summed E-state index contributed by atoms with van der Waals surface area (Å²) in [5.41, 5.74) is 6.11. The van der Waals surface area contributed by atoms with Crippen molar-refractivity contribution in [3.05, 3.63) is 29.8 Å². The molecular weight excluding hydrogens is 228 g/mol. The number of benzene rings is 1. The molecule has 1 unspecified atom stereocenters. The van der Waals surface area contributed by atoms with Gasteiger partial charge in [0.05, 0.1) is 0 Å². The van der Waals surface area contributed by atoms with Gasteiger partial charge in [0.2, 0.25) is 11.8 Å². The smallest absolute Gasteiger partial charge is 0.248 e. The first-order chi connectivity index (χ1) is 7.54. The van der Waals surface area contributed by atoms with E-state index in [-0.39, 0.29) is 17.7 Å². The van der Waals surface area contributed by atoms with Crippen molar-refractivity contribution in [3.8, 4) is 0 Å². The molecule has 86 valence electrons. The summed E-state index contributed by atoms with van der Waals surface area (Å²) in [5.74, 6) is -0.628. The molecule has 0 saturated carbocycles. The first-order valence-corrected chi connectivity index (χ1v) is 5.34. The molecule has 5 heteroatoms. The zero-order valence-electron chi connectivity index (χ0n) is 8.87. The number of carbonyl (C=O) groups excluding carboxylic acids is 2. The summed E-state index contributed by atoms with van der Waals surface area (Å²) in [6.07, 6.45) is 0. The van der Waals surface area contributed by atoms with Crippen LogP contribution in [-0.2, 0) is 4.79 Å². The number of hydrogen-bond donors (Lipinski definition) is 2. The van der Waals surface area contributed by atoms with E-state index in [0.717, 1.165) is 0 Å². The van der Waals surface area contributed by atoms with Gasteiger partial charge in [-0.15, -0.1) is 11.6 Å². The van der Waals surface area contributed by atoms with Crippen molar-refractivity contribution in [2.75, 3.05) is 11.2 Å². The third-order valence-electron chi connectivity index (χ3n) is 2.12. The van der Waals surface area contributed by atoms with Gasteiger partial charge in [-0.25, -0.2) is 0 Å². The number of halogens is 1. The van der Waals surface area contributed by atoms with Crippen LogP contribution in [0, 0.1) is 5.92 Å². The molecule has 0 heterocycles. The number of carbonyl (C=O) groups is 2. The zero-order valence-corrected chi connectivity index (χ0v) is 9.62. The number of nitrogens with one attached hydrogen (secondary N) is 1. The summed E-state index contributed by atoms with van der Waals surface area (Å²) < 4.78 is 0. The second kappa shape index (κ2) is 5.51. The number of alkyl halides is 1. The Bertz CT molecular complexity index is 389. The summed E-state index contributed by atoms with van der Waals surface area (Å²) in [6, 6.07) is 6.37. The minimum atomic E-state index is -0.494. The molecule has 0 radical (unpaired) electrons. The van der Waals surface area contributed by atoms with E-state index < -0.39 is 5.91 Å². The normalized spacial score (nSPS) is 11.9. The van der Waals surface area contributed by atoms with Gasteiger partial charge in [0.15, 0.2) is 0 Å². The summed E-state index contributed by atoms with van der Waals surface area (Å²) in [4.78, 5) is 22.3. The zero-order chi connectivity index (χ0) is 12.1. The van der Waals surface area contributed by atoms with Gasteiger partial charge in [0, 0.05) is 23.0 Å². The lowest BCUT2D eigenvalue weighted by Gasteiger charge is -2.09. The Balaban J connectivity index is 2.69. The fraction of sp³-hybridized carbons (Fsp3) is 0.273. The Labute approximate surface area is 98.8 Å². The molecule has 0 aliphatic heterocycles. The average Bonchev–Trinajstić information content (AvgIpc) is 2.28. The van der Waals surface area contributed by atoms with E-state index in [4.69, 9.17) is 17.3 Å². The van der Waals surface area contributed by atoms with Crippen LogP contribution in [0.5, 0.6) is 0 Å². The van der Waals surface area contributed by atoms with Crippen molar-refractivity contribution >= 4 is 29.1 Å². The van der Waals surface area contributed by atoms with Crippen LogP contribution in [0.25, 0.3) is 0 Å². The SMILES string of the molecule is CC(CCl)C(=O)Nc1ccc(C(N)=O)cc1. The van der Waals surface area contributed by atoms with Crippen molar-refractivity contribution < 1.29 is 9.59 Å². The van der Waals surface area contributed by atoms with E-state index >= 15 is 0 Å². The standard InChI is InChI=1S/C11H13ClN2O2/c1-7(6-12)11(16)14-9-4-2-8(3-5-9)10(13)15/h2-5,7H,6H2,1H3,(H2,13,15)(H,14,16). The van der Waals surface area contributed by atoms with Crippen LogP contribution in [0.2, 0.25) is 0 Å². The van der Waals surface area contributed by atoms with Gasteiger partial charge in [0.1, 0.15) is 0 Å². The predicted molar refractivity (Wildman–Crippen MR) is 63.5 cm³/mol. The second-order valence-corrected chi connectivity index (χ2v) is 3.79. The molecule has 1 aromatic rings. The maximum Gasteiger partial charge on any atom is 0.248 e. The fourth-order valence-corrected chi connectivity index (χ4v) is 1.19. The van der Waals surface area contributed by atoms with Crippen molar-refractivity contribution in [3.63, 3.8) is 0 Å². The maximum absolute atomic E-state index is 11.5. The van der Waals surface area contributed by atoms with Crippen molar-refractivity contribution in [2.45, 2.75) is 6.92 Å². The van der Waals surface area contributed by atoms with Crippen molar-refractivity contribution in [1.82, 2.24) is 0 Å². The highest BCUT2D eigenvalue weighted by molar-refractivity contribution is 6.19. The Morgan fingerprint density at radius 3 is 2.38 bits per heavy atom. The summed E-state index contributed by atoms with van der Waals surface area (Å²) in [5, 5.41) is 2.68. The van der Waals surface area contributed by atoms with E-state index in [9.17, 15) is 9.59 Å². The van der Waals surface area contributed by atoms with Gasteiger partial charge in [-0.05, 0) is 24.3 Å². The van der Waals surface area contributed by atoms with Gasteiger partial charge in [-0.3, -0.25) is 9.59 Å². The molecule has 1 atom stereocenters. The molecule has 0 saturated heterocycles. The van der Waals surface area contributed by atoms with Crippen molar-refractivity contribution in [2.24, 2.45) is 11.7 Å². The first-order valence-electron chi connectivity index (χ1n) is 4.81. The highest BCUT2D eigenvalue weighted by atomic mass is 35.5. The van der Waals surface area contributed by atoms with E-state index in [0.29, 0.717) is 11.3 Å². The number of amides is 2. The van der Waals surface area contributed by atoms with Crippen LogP contribution >= 0.6 is 11.6 Å². The lowest BCUT2D eigenvalue weighted by Crippen LogP contribution is -2.21. The van der Waals surface area contributed by atoms with E-state index in [1.54, 1.807) is 31.2 Å². The van der Waals surface area contributed by atoms with Crippen LogP contribution in [0.4, 0.5) is 5.69 Å². The molecule has 3 N–H and O–H groups in total. The lowest BCUT2D eigenvalue weighted by molar-refractivity contribution is -0.118. The van der Waals surface area contributed by atoms with Gasteiger partial charge in [-0.2, -0.15) is 0 Å². The Kier molecular flexibility index (Phi) is 4.31. The van der Waals surface area contributed by atoms with Gasteiger partial charge in [0.25, 0.3) is 0 Å². The van der Waals surface area contributed by atoms with Gasteiger partial charge in [-0.1, -0.05) is 6.92 Å². The first kappa shape index (κ1) is 12.5. The predicted octanol–water partition coefficient (Wildman–Crippen LogP) is 1.60. The van der Waals surface area contributed by atoms with E-state index in [2.05, 4.69) is 5.32 Å². The molecule has 0 aliphatic rings. The number of primary amides is 1. The van der Waals surface area contributed by atoms with Gasteiger partial charge < -0.3 is 11.1 Å². The molecule has 2 amide bonds. The van der Waals surface area contributed by atoms with Crippen LogP contribution < -0.4 is 11.1 Å². The lowest BCUT2D eigenvalue weighted by atomic mass is 10.1. The quantitative estimate of drug-likeness (QED) is 0.785. The Morgan fingerprint density at radius 2 is 1.94 bits per heavy atom. The Morgan fingerprint density at radius 1 is 1.38 bits per heavy atom. The minimum Gasteiger partial charge on any atom is -0.366 e. The third kappa shape index (κ3) is 3.24. The van der Waals surface area contributed by atoms with E-state index in [1.807, 2.05) is 0 Å². The number of nitrogens with two attached hydrogens (primary N) is 1. The molecule has 1 aromatic carbocycles. The monoisotopic (exact) mass is 240 g/mol. The summed E-state index contributed by atoms with van der Waals surface area (Å²) in [6.45, 7) is 1.74. The van der Waals surface area contributed by atoms with Gasteiger partial charge >= 0.3 is 0 Å². The average molecular weight is 241 g/mol. The van der Waals surface area contributed by atoms with E-state index in [1.165, 1.54) is 0 Å². The summed E-state index contributed by atoms with van der Waals surface area (Å²) >= 11 is 5.56. The highest BCUT2D eigenvalue weighted by Crippen LogP contribution is 2.11. The second-order valence-electron chi connectivity index (χ2n) is 3.49. The molecule has 0 bridgehead atoms. The Hall–Kier alpha value is -1.55. The van der Waals surface area contributed by atoms with Crippen LogP contribution in [0.3, 0.4) is 0 Å². The maximum atomic E-state index is 11.5. The molecule has 1 rings (SSSR count). The molecule has 0 aliphatic carbocycles. The highest BCUT2D eigenvalue weighted by Gasteiger charge is 2.11. The summed E-state index contributed by atoms with van der Waals surface area (Å²) in [7, 11) is 0.